The maximum Gasteiger partial charge on any atom is 0.208 e. The lowest BCUT2D eigenvalue weighted by molar-refractivity contribution is 0.377. The van der Waals surface area contributed by atoms with Crippen molar-refractivity contribution in [3.8, 4) is 0 Å². The molecule has 0 spiro atoms. The molecule has 0 aliphatic carbocycles. The zero-order valence-electron chi connectivity index (χ0n) is 15.4. The molecule has 0 heterocycles. The van der Waals surface area contributed by atoms with Crippen molar-refractivity contribution < 1.29 is 8.42 Å². The molecule has 0 radical (unpaired) electrons. The number of hydrogen-bond donors (Lipinski definition) is 3. The van der Waals surface area contributed by atoms with Crippen LogP contribution in [0.1, 0.15) is 26.3 Å². The van der Waals surface area contributed by atoms with E-state index in [4.69, 9.17) is 11.6 Å². The Bertz CT molecular complexity index is 675. The quantitative estimate of drug-likeness (QED) is 0.343. The molecule has 25 heavy (non-hydrogen) atoms. The summed E-state index contributed by atoms with van der Waals surface area (Å²) in [6.45, 7) is 8.46. The lowest BCUT2D eigenvalue weighted by Gasteiger charge is -2.23. The molecule has 6 nitrogen and oxygen atoms in total. The van der Waals surface area contributed by atoms with E-state index in [9.17, 15) is 8.42 Å². The molecule has 0 aromatic heterocycles. The first kappa shape index (κ1) is 21.7. The molecule has 0 fully saturated rings. The van der Waals surface area contributed by atoms with Gasteiger partial charge in [-0.05, 0) is 36.5 Å². The van der Waals surface area contributed by atoms with E-state index < -0.39 is 10.0 Å². The predicted octanol–water partition coefficient (Wildman–Crippen LogP) is 2.01. The van der Waals surface area contributed by atoms with Gasteiger partial charge in [-0.25, -0.2) is 13.1 Å². The Morgan fingerprint density at radius 2 is 1.96 bits per heavy atom. The third-order valence-corrected chi connectivity index (χ3v) is 4.33. The highest BCUT2D eigenvalue weighted by Gasteiger charge is 2.18. The molecule has 142 valence electrons. The van der Waals surface area contributed by atoms with E-state index in [0.717, 1.165) is 24.2 Å². The first-order valence-corrected chi connectivity index (χ1v) is 10.6. The molecule has 0 aliphatic heterocycles. The average Bonchev–Trinajstić information content (AvgIpc) is 2.47. The van der Waals surface area contributed by atoms with E-state index in [1.165, 1.54) is 5.56 Å². The van der Waals surface area contributed by atoms with Crippen molar-refractivity contribution in [2.45, 2.75) is 27.2 Å². The van der Waals surface area contributed by atoms with Gasteiger partial charge in [0.1, 0.15) is 0 Å². The Morgan fingerprint density at radius 3 is 2.56 bits per heavy atom. The Morgan fingerprint density at radius 1 is 1.24 bits per heavy atom. The molecule has 0 bridgehead atoms. The summed E-state index contributed by atoms with van der Waals surface area (Å²) >= 11 is 6.05. The van der Waals surface area contributed by atoms with E-state index in [2.05, 4.69) is 40.3 Å². The van der Waals surface area contributed by atoms with Crippen molar-refractivity contribution >= 4 is 27.6 Å². The minimum atomic E-state index is -3.17. The highest BCUT2D eigenvalue weighted by atomic mass is 35.5. The second kappa shape index (κ2) is 9.99. The van der Waals surface area contributed by atoms with Gasteiger partial charge in [0.05, 0.1) is 6.26 Å². The topological polar surface area (TPSA) is 82.6 Å². The summed E-state index contributed by atoms with van der Waals surface area (Å²) in [5, 5.41) is 7.04. The largest absolute Gasteiger partial charge is 0.357 e. The number of rotatable bonds is 9. The highest BCUT2D eigenvalue weighted by Crippen LogP contribution is 2.23. The maximum atomic E-state index is 11.1. The van der Waals surface area contributed by atoms with Gasteiger partial charge in [-0.1, -0.05) is 37.6 Å². The predicted molar refractivity (Wildman–Crippen MR) is 106 cm³/mol. The van der Waals surface area contributed by atoms with E-state index in [-0.39, 0.29) is 5.41 Å². The number of benzene rings is 1. The summed E-state index contributed by atoms with van der Waals surface area (Å²) < 4.78 is 24.6. The van der Waals surface area contributed by atoms with Gasteiger partial charge in [0.25, 0.3) is 0 Å². The van der Waals surface area contributed by atoms with Gasteiger partial charge in [-0.3, -0.25) is 4.99 Å². The van der Waals surface area contributed by atoms with Crippen LogP contribution in [0.4, 0.5) is 0 Å². The third-order valence-electron chi connectivity index (χ3n) is 3.36. The van der Waals surface area contributed by atoms with Gasteiger partial charge in [0.2, 0.25) is 10.0 Å². The Kier molecular flexibility index (Phi) is 8.68. The molecule has 0 saturated heterocycles. The number of nitrogens with zero attached hydrogens (tertiary/aromatic N) is 1. The fourth-order valence-electron chi connectivity index (χ4n) is 2.31. The van der Waals surface area contributed by atoms with Gasteiger partial charge < -0.3 is 10.6 Å². The van der Waals surface area contributed by atoms with E-state index in [1.54, 1.807) is 0 Å². The van der Waals surface area contributed by atoms with Crippen LogP contribution in [0.15, 0.2) is 29.3 Å². The van der Waals surface area contributed by atoms with Crippen molar-refractivity contribution in [2.75, 3.05) is 32.4 Å². The van der Waals surface area contributed by atoms with Crippen molar-refractivity contribution in [1.29, 1.82) is 0 Å². The van der Waals surface area contributed by atoms with Crippen LogP contribution in [-0.2, 0) is 16.4 Å². The van der Waals surface area contributed by atoms with Crippen LogP contribution in [0.2, 0.25) is 5.02 Å². The number of guanidine groups is 1. The van der Waals surface area contributed by atoms with Crippen LogP contribution in [0, 0.1) is 5.41 Å². The average molecular weight is 389 g/mol. The first-order valence-electron chi connectivity index (χ1n) is 8.32. The summed E-state index contributed by atoms with van der Waals surface area (Å²) in [4.78, 5) is 4.62. The van der Waals surface area contributed by atoms with Crippen molar-refractivity contribution in [1.82, 2.24) is 15.4 Å². The Hall–Kier alpha value is -1.31. The zero-order chi connectivity index (χ0) is 18.9. The minimum Gasteiger partial charge on any atom is -0.357 e. The molecular formula is C17H29ClN4O2S. The normalized spacial score (nSPS) is 12.9. The van der Waals surface area contributed by atoms with Crippen LogP contribution in [0.25, 0.3) is 0 Å². The SMILES string of the molecule is CCNC(=NCC(C)(C)Cc1cccc(Cl)c1)NCCNS(C)(=O)=O. The molecule has 1 aromatic carbocycles. The standard InChI is InChI=1S/C17H29ClN4O2S/c1-5-19-16(20-9-10-22-25(4,23)24)21-13-17(2,3)12-14-7-6-8-15(18)11-14/h6-8,11,22H,5,9-10,12-13H2,1-4H3,(H2,19,20,21). The van der Waals surface area contributed by atoms with Crippen molar-refractivity contribution in [3.63, 3.8) is 0 Å². The van der Waals surface area contributed by atoms with Gasteiger partial charge in [-0.15, -0.1) is 0 Å². The van der Waals surface area contributed by atoms with Gasteiger partial charge in [-0.2, -0.15) is 0 Å². The summed E-state index contributed by atoms with van der Waals surface area (Å²) in [6.07, 6.45) is 2.01. The van der Waals surface area contributed by atoms with Gasteiger partial charge in [0, 0.05) is 31.2 Å². The van der Waals surface area contributed by atoms with Gasteiger partial charge >= 0.3 is 0 Å². The molecule has 1 rings (SSSR count). The Balaban J connectivity index is 2.58. The fraction of sp³-hybridized carbons (Fsp3) is 0.588. The summed E-state index contributed by atoms with van der Waals surface area (Å²) in [5.74, 6) is 0.678. The fourth-order valence-corrected chi connectivity index (χ4v) is 2.99. The number of nitrogens with one attached hydrogen (secondary N) is 3. The van der Waals surface area contributed by atoms with Crippen LogP contribution >= 0.6 is 11.6 Å². The molecule has 0 unspecified atom stereocenters. The smallest absolute Gasteiger partial charge is 0.208 e. The minimum absolute atomic E-state index is 0.0297. The van der Waals surface area contributed by atoms with Crippen molar-refractivity contribution in [2.24, 2.45) is 10.4 Å². The molecule has 8 heteroatoms. The van der Waals surface area contributed by atoms with Crippen LogP contribution in [0.3, 0.4) is 0 Å². The van der Waals surface area contributed by atoms with Crippen molar-refractivity contribution in [3.05, 3.63) is 34.9 Å². The summed E-state index contributed by atoms with van der Waals surface area (Å²) in [5.41, 5.74) is 1.15. The van der Waals surface area contributed by atoms with Gasteiger partial charge in [0.15, 0.2) is 5.96 Å². The van der Waals surface area contributed by atoms with Crippen LogP contribution < -0.4 is 15.4 Å². The molecule has 1 aromatic rings. The maximum absolute atomic E-state index is 11.1. The second-order valence-corrected chi connectivity index (χ2v) is 9.03. The third kappa shape index (κ3) is 10.3. The molecule has 0 aliphatic rings. The zero-order valence-corrected chi connectivity index (χ0v) is 17.0. The number of sulfonamides is 1. The summed E-state index contributed by atoms with van der Waals surface area (Å²) in [7, 11) is -3.17. The summed E-state index contributed by atoms with van der Waals surface area (Å²) in [6, 6.07) is 7.87. The lowest BCUT2D eigenvalue weighted by atomic mass is 9.86. The highest BCUT2D eigenvalue weighted by molar-refractivity contribution is 7.88. The number of halogens is 1. The monoisotopic (exact) mass is 388 g/mol. The molecule has 3 N–H and O–H groups in total. The van der Waals surface area contributed by atoms with Crippen LogP contribution in [0.5, 0.6) is 0 Å². The molecule has 0 amide bonds. The van der Waals surface area contributed by atoms with Crippen LogP contribution in [-0.4, -0.2) is 46.8 Å². The second-order valence-electron chi connectivity index (χ2n) is 6.76. The molecular weight excluding hydrogens is 360 g/mol. The molecule has 0 saturated carbocycles. The molecule has 0 atom stereocenters. The first-order chi connectivity index (χ1) is 11.6. The van der Waals surface area contributed by atoms with E-state index in [0.29, 0.717) is 25.6 Å². The number of hydrogen-bond acceptors (Lipinski definition) is 3. The number of aliphatic imine (C=N–C) groups is 1. The Labute approximate surface area is 156 Å². The van der Waals surface area contributed by atoms with E-state index >= 15 is 0 Å². The lowest BCUT2D eigenvalue weighted by Crippen LogP contribution is -2.42. The van der Waals surface area contributed by atoms with E-state index in [1.807, 2.05) is 25.1 Å².